The van der Waals surface area contributed by atoms with Crippen LogP contribution in [0.1, 0.15) is 64.5 Å². The molecular formula is C19H32N2. The number of nitrogens with one attached hydrogen (secondary N) is 2. The van der Waals surface area contributed by atoms with Crippen LogP contribution in [0.25, 0.3) is 0 Å². The van der Waals surface area contributed by atoms with Crippen LogP contribution in [0, 0.1) is 5.92 Å². The van der Waals surface area contributed by atoms with Crippen LogP contribution >= 0.6 is 0 Å². The van der Waals surface area contributed by atoms with Crippen LogP contribution in [0.15, 0.2) is 30.3 Å². The second kappa shape index (κ2) is 8.55. The maximum atomic E-state index is 3.86. The van der Waals surface area contributed by atoms with Crippen molar-refractivity contribution in [1.82, 2.24) is 10.6 Å². The first-order chi connectivity index (χ1) is 10.2. The predicted octanol–water partition coefficient (Wildman–Crippen LogP) is 4.28. The monoisotopic (exact) mass is 288 g/mol. The minimum absolute atomic E-state index is 0.451. The first-order valence-corrected chi connectivity index (χ1v) is 8.71. The van der Waals surface area contributed by atoms with Crippen molar-refractivity contribution in [1.29, 1.82) is 0 Å². The van der Waals surface area contributed by atoms with E-state index >= 15 is 0 Å². The zero-order valence-electron chi connectivity index (χ0n) is 13.9. The topological polar surface area (TPSA) is 24.1 Å². The van der Waals surface area contributed by atoms with E-state index in [9.17, 15) is 0 Å². The second-order valence-corrected chi connectivity index (χ2v) is 6.94. The van der Waals surface area contributed by atoms with Crippen molar-refractivity contribution in [2.24, 2.45) is 5.92 Å². The van der Waals surface area contributed by atoms with Gasteiger partial charge in [-0.25, -0.2) is 0 Å². The summed E-state index contributed by atoms with van der Waals surface area (Å²) in [4.78, 5) is 0. The molecule has 2 N–H and O–H groups in total. The molecule has 1 aromatic rings. The third-order valence-corrected chi connectivity index (χ3v) is 4.59. The largest absolute Gasteiger partial charge is 0.314 e. The lowest BCUT2D eigenvalue weighted by Crippen LogP contribution is -2.39. The molecule has 0 saturated carbocycles. The van der Waals surface area contributed by atoms with Crippen LogP contribution in [0.3, 0.4) is 0 Å². The summed E-state index contributed by atoms with van der Waals surface area (Å²) in [6, 6.07) is 12.6. The van der Waals surface area contributed by atoms with Gasteiger partial charge in [0, 0.05) is 18.1 Å². The molecule has 1 aromatic carbocycles. The number of benzene rings is 1. The highest BCUT2D eigenvalue weighted by molar-refractivity contribution is 5.19. The average Bonchev–Trinajstić information content (AvgIpc) is 2.74. The fourth-order valence-electron chi connectivity index (χ4n) is 3.44. The molecule has 1 fully saturated rings. The quantitative estimate of drug-likeness (QED) is 0.816. The molecule has 0 bridgehead atoms. The van der Waals surface area contributed by atoms with Crippen LogP contribution in [0.4, 0.5) is 0 Å². The lowest BCUT2D eigenvalue weighted by molar-refractivity contribution is 0.329. The first-order valence-electron chi connectivity index (χ1n) is 8.71. The summed E-state index contributed by atoms with van der Waals surface area (Å²) >= 11 is 0. The molecule has 118 valence electrons. The van der Waals surface area contributed by atoms with E-state index in [-0.39, 0.29) is 0 Å². The third-order valence-electron chi connectivity index (χ3n) is 4.59. The molecule has 1 aliphatic rings. The third kappa shape index (κ3) is 5.44. The van der Waals surface area contributed by atoms with E-state index in [1.807, 2.05) is 0 Å². The van der Waals surface area contributed by atoms with Gasteiger partial charge >= 0.3 is 0 Å². The molecule has 1 heterocycles. The van der Waals surface area contributed by atoms with E-state index in [2.05, 4.69) is 61.7 Å². The average molecular weight is 288 g/mol. The summed E-state index contributed by atoms with van der Waals surface area (Å²) in [5, 5.41) is 7.58. The normalized spacial score (nSPS) is 22.8. The Labute approximate surface area is 130 Å². The minimum atomic E-state index is 0.451. The first kappa shape index (κ1) is 16.5. The number of rotatable bonds is 6. The Hall–Kier alpha value is -0.860. The van der Waals surface area contributed by atoms with E-state index in [0.29, 0.717) is 24.0 Å². The number of hydrogen-bond donors (Lipinski definition) is 2. The van der Waals surface area contributed by atoms with Crippen molar-refractivity contribution in [2.75, 3.05) is 6.54 Å². The van der Waals surface area contributed by atoms with Gasteiger partial charge in [-0.15, -0.1) is 0 Å². The summed E-state index contributed by atoms with van der Waals surface area (Å²) < 4.78 is 0. The van der Waals surface area contributed by atoms with Gasteiger partial charge < -0.3 is 10.6 Å². The highest BCUT2D eigenvalue weighted by Gasteiger charge is 2.20. The second-order valence-electron chi connectivity index (χ2n) is 6.94. The zero-order chi connectivity index (χ0) is 15.1. The Kier molecular flexibility index (Phi) is 6.72. The lowest BCUT2D eigenvalue weighted by Gasteiger charge is -2.29. The van der Waals surface area contributed by atoms with Gasteiger partial charge in [-0.2, -0.15) is 0 Å². The van der Waals surface area contributed by atoms with Gasteiger partial charge in [-0.1, -0.05) is 57.0 Å². The molecule has 0 amide bonds. The van der Waals surface area contributed by atoms with E-state index in [1.165, 1.54) is 44.2 Å². The van der Waals surface area contributed by atoms with E-state index in [4.69, 9.17) is 0 Å². The number of hydrogen-bond acceptors (Lipinski definition) is 2. The van der Waals surface area contributed by atoms with Gasteiger partial charge in [0.2, 0.25) is 0 Å². The summed E-state index contributed by atoms with van der Waals surface area (Å²) in [5.74, 6) is 0.608. The van der Waals surface area contributed by atoms with Crippen molar-refractivity contribution in [3.8, 4) is 0 Å². The maximum Gasteiger partial charge on any atom is 0.0345 e. The van der Waals surface area contributed by atoms with Crippen LogP contribution in [-0.2, 0) is 0 Å². The molecule has 0 spiro atoms. The molecule has 2 nitrogen and oxygen atoms in total. The summed E-state index contributed by atoms with van der Waals surface area (Å²) in [5.41, 5.74) is 1.41. The van der Waals surface area contributed by atoms with Crippen LogP contribution in [-0.4, -0.2) is 18.6 Å². The van der Waals surface area contributed by atoms with Gasteiger partial charge in [-0.3, -0.25) is 0 Å². The molecule has 3 unspecified atom stereocenters. The van der Waals surface area contributed by atoms with Gasteiger partial charge in [0.15, 0.2) is 0 Å². The summed E-state index contributed by atoms with van der Waals surface area (Å²) in [7, 11) is 0. The molecule has 1 saturated heterocycles. The fraction of sp³-hybridized carbons (Fsp3) is 0.684. The van der Waals surface area contributed by atoms with E-state index in [1.54, 1.807) is 0 Å². The highest BCUT2D eigenvalue weighted by Crippen LogP contribution is 2.23. The molecule has 3 atom stereocenters. The molecule has 2 rings (SSSR count). The Balaban J connectivity index is 1.90. The molecule has 1 aliphatic heterocycles. The SMILES string of the molecule is CC(CC1CCCCCN1)NC(c1ccccc1)C(C)C. The Morgan fingerprint density at radius 3 is 2.57 bits per heavy atom. The van der Waals surface area contributed by atoms with Crippen molar-refractivity contribution < 1.29 is 0 Å². The van der Waals surface area contributed by atoms with Gasteiger partial charge in [0.25, 0.3) is 0 Å². The van der Waals surface area contributed by atoms with E-state index < -0.39 is 0 Å². The Morgan fingerprint density at radius 1 is 1.10 bits per heavy atom. The van der Waals surface area contributed by atoms with Gasteiger partial charge in [0.05, 0.1) is 0 Å². The molecule has 2 heteroatoms. The van der Waals surface area contributed by atoms with Crippen LogP contribution in [0.5, 0.6) is 0 Å². The van der Waals surface area contributed by atoms with Crippen molar-refractivity contribution in [2.45, 2.75) is 71.0 Å². The zero-order valence-corrected chi connectivity index (χ0v) is 13.9. The van der Waals surface area contributed by atoms with E-state index in [0.717, 1.165) is 0 Å². The summed E-state index contributed by atoms with van der Waals surface area (Å²) in [6.07, 6.45) is 6.69. The molecule has 21 heavy (non-hydrogen) atoms. The lowest BCUT2D eigenvalue weighted by atomic mass is 9.94. The molecule has 0 aliphatic carbocycles. The molecular weight excluding hydrogens is 256 g/mol. The smallest absolute Gasteiger partial charge is 0.0345 e. The molecule has 0 aromatic heterocycles. The van der Waals surface area contributed by atoms with Crippen LogP contribution < -0.4 is 10.6 Å². The fourth-order valence-corrected chi connectivity index (χ4v) is 3.44. The highest BCUT2D eigenvalue weighted by atomic mass is 15.0. The standard InChI is InChI=1S/C19H32N2/c1-15(2)19(17-10-6-4-7-11-17)21-16(3)14-18-12-8-5-9-13-20-18/h4,6-7,10-11,15-16,18-21H,5,8-9,12-14H2,1-3H3. The maximum absolute atomic E-state index is 3.86. The minimum Gasteiger partial charge on any atom is -0.314 e. The Bertz CT molecular complexity index is 380. The molecule has 0 radical (unpaired) electrons. The Morgan fingerprint density at radius 2 is 1.86 bits per heavy atom. The van der Waals surface area contributed by atoms with Crippen LogP contribution in [0.2, 0.25) is 0 Å². The van der Waals surface area contributed by atoms with Gasteiger partial charge in [0.1, 0.15) is 0 Å². The summed E-state index contributed by atoms with van der Waals surface area (Å²) in [6.45, 7) is 8.15. The van der Waals surface area contributed by atoms with Crippen molar-refractivity contribution in [3.63, 3.8) is 0 Å². The van der Waals surface area contributed by atoms with Crippen molar-refractivity contribution in [3.05, 3.63) is 35.9 Å². The van der Waals surface area contributed by atoms with Crippen molar-refractivity contribution >= 4 is 0 Å². The van der Waals surface area contributed by atoms with Gasteiger partial charge in [-0.05, 0) is 44.2 Å². The predicted molar refractivity (Wildman–Crippen MR) is 91.5 cm³/mol.